The average Bonchev–Trinajstić information content (AvgIpc) is 2.84. The molecule has 3 aromatic rings. The number of halogens is 1. The third-order valence-electron chi connectivity index (χ3n) is 2.70. The van der Waals surface area contributed by atoms with E-state index in [-0.39, 0.29) is 5.78 Å². The molecule has 0 fully saturated rings. The first-order valence-electron chi connectivity index (χ1n) is 5.37. The van der Waals surface area contributed by atoms with Crippen molar-refractivity contribution in [2.24, 2.45) is 0 Å². The van der Waals surface area contributed by atoms with Crippen LogP contribution in [0.2, 0.25) is 0 Å². The van der Waals surface area contributed by atoms with E-state index in [0.29, 0.717) is 11.1 Å². The lowest BCUT2D eigenvalue weighted by atomic mass is 10.0. The molecule has 2 aromatic heterocycles. The fourth-order valence-corrected chi connectivity index (χ4v) is 2.94. The number of benzene rings is 1. The maximum Gasteiger partial charge on any atom is 0.193 e. The number of nitrogens with zero attached hydrogens (tertiary/aromatic N) is 1. The summed E-state index contributed by atoms with van der Waals surface area (Å²) in [6, 6.07) is 11.3. The third-order valence-corrected chi connectivity index (χ3v) is 4.20. The van der Waals surface area contributed by atoms with Gasteiger partial charge in [-0.15, -0.1) is 11.3 Å². The largest absolute Gasteiger partial charge is 0.289 e. The van der Waals surface area contributed by atoms with E-state index < -0.39 is 0 Å². The molecule has 0 spiro atoms. The summed E-state index contributed by atoms with van der Waals surface area (Å²) < 4.78 is 0.963. The minimum Gasteiger partial charge on any atom is -0.289 e. The molecule has 0 aliphatic heterocycles. The maximum atomic E-state index is 12.3. The highest BCUT2D eigenvalue weighted by atomic mass is 79.9. The molecule has 0 unspecified atom stereocenters. The Hall–Kier alpha value is -1.52. The summed E-state index contributed by atoms with van der Waals surface area (Å²) in [6.45, 7) is 0. The van der Waals surface area contributed by atoms with Crippen molar-refractivity contribution in [1.82, 2.24) is 4.98 Å². The predicted molar refractivity (Wildman–Crippen MR) is 77.2 cm³/mol. The van der Waals surface area contributed by atoms with Crippen molar-refractivity contribution < 1.29 is 4.79 Å². The van der Waals surface area contributed by atoms with Crippen molar-refractivity contribution in [3.8, 4) is 0 Å². The molecule has 0 aliphatic carbocycles. The van der Waals surface area contributed by atoms with Crippen LogP contribution in [-0.4, -0.2) is 10.8 Å². The lowest BCUT2D eigenvalue weighted by molar-refractivity contribution is 0.103. The van der Waals surface area contributed by atoms with E-state index in [2.05, 4.69) is 20.9 Å². The van der Waals surface area contributed by atoms with Crippen LogP contribution in [-0.2, 0) is 0 Å². The molecule has 18 heavy (non-hydrogen) atoms. The monoisotopic (exact) mass is 317 g/mol. The zero-order valence-corrected chi connectivity index (χ0v) is 11.7. The van der Waals surface area contributed by atoms with Gasteiger partial charge in [-0.3, -0.25) is 9.78 Å². The van der Waals surface area contributed by atoms with Gasteiger partial charge in [0.1, 0.15) is 0 Å². The van der Waals surface area contributed by atoms with E-state index >= 15 is 0 Å². The molecule has 0 amide bonds. The Kier molecular flexibility index (Phi) is 2.97. The molecule has 2 heterocycles. The van der Waals surface area contributed by atoms with E-state index in [1.54, 1.807) is 6.20 Å². The van der Waals surface area contributed by atoms with Gasteiger partial charge in [0.25, 0.3) is 0 Å². The van der Waals surface area contributed by atoms with Crippen LogP contribution in [0.3, 0.4) is 0 Å². The van der Waals surface area contributed by atoms with Crippen LogP contribution in [0.15, 0.2) is 51.8 Å². The number of ketones is 1. The standard InChI is InChI=1S/C14H8BrNOS/c15-13-7-11(8-18-13)14(17)10-4-3-9-2-1-5-16-12(9)6-10/h1-8H. The molecule has 2 nitrogen and oxygen atoms in total. The second-order valence-electron chi connectivity index (χ2n) is 3.88. The maximum absolute atomic E-state index is 12.3. The van der Waals surface area contributed by atoms with Gasteiger partial charge in [-0.1, -0.05) is 18.2 Å². The number of fused-ring (bicyclic) bond motifs is 1. The predicted octanol–water partition coefficient (Wildman–Crippen LogP) is 4.29. The smallest absolute Gasteiger partial charge is 0.193 e. The molecule has 0 bridgehead atoms. The van der Waals surface area contributed by atoms with Gasteiger partial charge >= 0.3 is 0 Å². The Morgan fingerprint density at radius 1 is 1.17 bits per heavy atom. The normalized spacial score (nSPS) is 10.7. The SMILES string of the molecule is O=C(c1csc(Br)c1)c1ccc2cccnc2c1. The fourth-order valence-electron chi connectivity index (χ4n) is 1.80. The van der Waals surface area contributed by atoms with E-state index in [4.69, 9.17) is 0 Å². The number of aromatic nitrogens is 1. The highest BCUT2D eigenvalue weighted by Gasteiger charge is 2.11. The van der Waals surface area contributed by atoms with Gasteiger partial charge in [-0.25, -0.2) is 0 Å². The van der Waals surface area contributed by atoms with Gasteiger partial charge in [-0.05, 0) is 34.1 Å². The molecule has 3 rings (SSSR count). The minimum absolute atomic E-state index is 0.0319. The van der Waals surface area contributed by atoms with Crippen LogP contribution in [0.1, 0.15) is 15.9 Å². The van der Waals surface area contributed by atoms with E-state index in [0.717, 1.165) is 14.7 Å². The van der Waals surface area contributed by atoms with Crippen molar-refractivity contribution in [2.45, 2.75) is 0 Å². The van der Waals surface area contributed by atoms with Crippen LogP contribution < -0.4 is 0 Å². The highest BCUT2D eigenvalue weighted by molar-refractivity contribution is 9.11. The Morgan fingerprint density at radius 2 is 2.06 bits per heavy atom. The topological polar surface area (TPSA) is 30.0 Å². The second-order valence-corrected chi connectivity index (χ2v) is 6.17. The molecular formula is C14H8BrNOS. The van der Waals surface area contributed by atoms with Crippen LogP contribution in [0.4, 0.5) is 0 Å². The van der Waals surface area contributed by atoms with Crippen LogP contribution in [0, 0.1) is 0 Å². The molecule has 88 valence electrons. The molecule has 0 atom stereocenters. The average molecular weight is 318 g/mol. The first kappa shape index (κ1) is 11.6. The van der Waals surface area contributed by atoms with Gasteiger partial charge in [-0.2, -0.15) is 0 Å². The van der Waals surface area contributed by atoms with Crippen molar-refractivity contribution in [2.75, 3.05) is 0 Å². The zero-order valence-electron chi connectivity index (χ0n) is 9.26. The van der Waals surface area contributed by atoms with Gasteiger partial charge in [0.05, 0.1) is 9.30 Å². The number of hydrogen-bond donors (Lipinski definition) is 0. The molecule has 0 N–H and O–H groups in total. The molecule has 0 saturated carbocycles. The molecule has 1 aromatic carbocycles. The Balaban J connectivity index is 2.06. The van der Waals surface area contributed by atoms with Gasteiger partial charge in [0.15, 0.2) is 5.78 Å². The molecule has 0 aliphatic rings. The molecule has 0 radical (unpaired) electrons. The summed E-state index contributed by atoms with van der Waals surface area (Å²) in [5.74, 6) is 0.0319. The molecule has 4 heteroatoms. The number of rotatable bonds is 2. The van der Waals surface area contributed by atoms with Crippen molar-refractivity contribution in [3.05, 3.63) is 62.9 Å². The molecule has 0 saturated heterocycles. The van der Waals surface area contributed by atoms with Gasteiger partial charge in [0.2, 0.25) is 0 Å². The first-order chi connectivity index (χ1) is 8.74. The number of carbonyl (C=O) groups is 1. The minimum atomic E-state index is 0.0319. The summed E-state index contributed by atoms with van der Waals surface area (Å²) in [5.41, 5.74) is 2.23. The quantitative estimate of drug-likeness (QED) is 0.660. The number of pyridine rings is 1. The summed E-state index contributed by atoms with van der Waals surface area (Å²) in [5, 5.41) is 2.90. The van der Waals surface area contributed by atoms with E-state index in [1.165, 1.54) is 11.3 Å². The highest BCUT2D eigenvalue weighted by Crippen LogP contribution is 2.23. The third kappa shape index (κ3) is 2.09. The van der Waals surface area contributed by atoms with E-state index in [9.17, 15) is 4.79 Å². The number of hydrogen-bond acceptors (Lipinski definition) is 3. The van der Waals surface area contributed by atoms with Crippen molar-refractivity contribution >= 4 is 44.0 Å². The fraction of sp³-hybridized carbons (Fsp3) is 0. The lowest BCUT2D eigenvalue weighted by Gasteiger charge is -2.01. The van der Waals surface area contributed by atoms with Crippen LogP contribution >= 0.6 is 27.3 Å². The van der Waals surface area contributed by atoms with E-state index in [1.807, 2.05) is 41.8 Å². The summed E-state index contributed by atoms with van der Waals surface area (Å²) in [6.07, 6.45) is 1.73. The lowest BCUT2D eigenvalue weighted by Crippen LogP contribution is -1.99. The number of carbonyl (C=O) groups excluding carboxylic acids is 1. The van der Waals surface area contributed by atoms with Crippen molar-refractivity contribution in [1.29, 1.82) is 0 Å². The van der Waals surface area contributed by atoms with Gasteiger partial charge in [0, 0.05) is 28.1 Å². The van der Waals surface area contributed by atoms with Crippen molar-refractivity contribution in [3.63, 3.8) is 0 Å². The van der Waals surface area contributed by atoms with Crippen LogP contribution in [0.5, 0.6) is 0 Å². The summed E-state index contributed by atoms with van der Waals surface area (Å²) >= 11 is 4.88. The van der Waals surface area contributed by atoms with Crippen LogP contribution in [0.25, 0.3) is 10.9 Å². The zero-order chi connectivity index (χ0) is 12.5. The number of thiophene rings is 1. The molecular weight excluding hydrogens is 310 g/mol. The second kappa shape index (κ2) is 4.63. The van der Waals surface area contributed by atoms with Gasteiger partial charge < -0.3 is 0 Å². The first-order valence-corrected chi connectivity index (χ1v) is 7.05. The summed E-state index contributed by atoms with van der Waals surface area (Å²) in [7, 11) is 0. The Labute approximate surface area is 116 Å². The Morgan fingerprint density at radius 3 is 2.83 bits per heavy atom. The summed E-state index contributed by atoms with van der Waals surface area (Å²) in [4.78, 5) is 16.5. The Bertz CT molecular complexity index is 735.